The molecule has 36 heavy (non-hydrogen) atoms. The molecule has 0 aromatic heterocycles. The monoisotopic (exact) mass is 491 g/mol. The number of hydrogen-bond acceptors (Lipinski definition) is 6. The van der Waals surface area contributed by atoms with E-state index in [0.717, 1.165) is 11.1 Å². The maximum absolute atomic E-state index is 13.1. The molecule has 0 fully saturated rings. The number of carbonyl (C=O) groups is 3. The van der Waals surface area contributed by atoms with Crippen molar-refractivity contribution in [2.24, 2.45) is 0 Å². The zero-order chi connectivity index (χ0) is 25.6. The van der Waals surface area contributed by atoms with Crippen molar-refractivity contribution in [3.05, 3.63) is 96.1 Å². The van der Waals surface area contributed by atoms with Gasteiger partial charge in [-0.25, -0.2) is 9.59 Å². The molecule has 3 amide bonds. The quantitative estimate of drug-likeness (QED) is 0.344. The average Bonchev–Trinajstić information content (AvgIpc) is 2.88. The summed E-state index contributed by atoms with van der Waals surface area (Å²) in [5.41, 5.74) is 2.58. The van der Waals surface area contributed by atoms with Crippen LogP contribution in [0.3, 0.4) is 0 Å². The summed E-state index contributed by atoms with van der Waals surface area (Å²) in [7, 11) is 1.51. The van der Waals surface area contributed by atoms with Crippen molar-refractivity contribution in [1.29, 1.82) is 0 Å². The summed E-state index contributed by atoms with van der Waals surface area (Å²) in [5, 5.41) is 8.03. The molecule has 1 unspecified atom stereocenters. The van der Waals surface area contributed by atoms with Gasteiger partial charge < -0.3 is 24.8 Å². The third-order valence-electron chi connectivity index (χ3n) is 5.00. The van der Waals surface area contributed by atoms with Gasteiger partial charge >= 0.3 is 12.2 Å². The Morgan fingerprint density at radius 1 is 0.722 bits per heavy atom. The molecule has 9 heteroatoms. The van der Waals surface area contributed by atoms with E-state index in [9.17, 15) is 14.4 Å². The van der Waals surface area contributed by atoms with Gasteiger partial charge in [0.25, 0.3) is 0 Å². The highest BCUT2D eigenvalue weighted by Crippen LogP contribution is 2.16. The Morgan fingerprint density at radius 3 is 2.03 bits per heavy atom. The molecule has 0 radical (unpaired) electrons. The molecule has 0 spiro atoms. The van der Waals surface area contributed by atoms with Crippen LogP contribution in [0.1, 0.15) is 11.1 Å². The van der Waals surface area contributed by atoms with Crippen LogP contribution in [0.5, 0.6) is 0 Å². The normalized spacial score (nSPS) is 11.1. The Morgan fingerprint density at radius 2 is 1.36 bits per heavy atom. The van der Waals surface area contributed by atoms with Crippen molar-refractivity contribution in [3.8, 4) is 0 Å². The van der Waals surface area contributed by atoms with Crippen molar-refractivity contribution >= 4 is 29.5 Å². The van der Waals surface area contributed by atoms with Crippen LogP contribution in [0, 0.1) is 0 Å². The maximum Gasteiger partial charge on any atom is 0.411 e. The minimum absolute atomic E-state index is 0.0839. The number of anilines is 2. The van der Waals surface area contributed by atoms with Crippen LogP contribution < -0.4 is 16.0 Å². The number of hydrogen-bond donors (Lipinski definition) is 3. The van der Waals surface area contributed by atoms with Crippen LogP contribution in [-0.2, 0) is 32.0 Å². The number of ether oxygens (including phenoxy) is 3. The highest BCUT2D eigenvalue weighted by molar-refractivity contribution is 5.97. The molecule has 1 atom stereocenters. The Balaban J connectivity index is 1.63. The molecule has 0 heterocycles. The second-order valence-electron chi connectivity index (χ2n) is 7.77. The molecule has 3 aromatic carbocycles. The number of alkyl carbamates (subject to hydrolysis) is 1. The molecular weight excluding hydrogens is 462 g/mol. The molecule has 0 bridgehead atoms. The minimum Gasteiger partial charge on any atom is -0.447 e. The van der Waals surface area contributed by atoms with Crippen molar-refractivity contribution < 1.29 is 28.6 Å². The summed E-state index contributed by atoms with van der Waals surface area (Å²) < 4.78 is 15.1. The van der Waals surface area contributed by atoms with Gasteiger partial charge in [-0.15, -0.1) is 0 Å². The van der Waals surface area contributed by atoms with Gasteiger partial charge in [-0.2, -0.15) is 0 Å². The number of rotatable bonds is 11. The molecule has 9 nitrogen and oxygen atoms in total. The number of benzene rings is 3. The van der Waals surface area contributed by atoms with E-state index in [0.29, 0.717) is 11.4 Å². The Kier molecular flexibility index (Phi) is 10.3. The van der Waals surface area contributed by atoms with Gasteiger partial charge in [0.2, 0.25) is 5.91 Å². The summed E-state index contributed by atoms with van der Waals surface area (Å²) in [6.45, 7) is 0.486. The Labute approximate surface area is 209 Å². The van der Waals surface area contributed by atoms with Gasteiger partial charge in [0.15, 0.2) is 0 Å². The highest BCUT2D eigenvalue weighted by atomic mass is 16.6. The summed E-state index contributed by atoms with van der Waals surface area (Å²) in [5.74, 6) is -0.435. The molecule has 3 N–H and O–H groups in total. The largest absolute Gasteiger partial charge is 0.447 e. The standard InChI is InChI=1S/C27H29N3O6/c1-34-15-16-35-26(32)29-23-14-8-13-22(18-23)28-25(31)24(17-20-9-4-2-5-10-20)30-27(33)36-19-21-11-6-3-7-12-21/h2-14,18,24H,15-17,19H2,1H3,(H,28,31)(H,29,32)(H,30,33). The first-order valence-corrected chi connectivity index (χ1v) is 11.4. The van der Waals surface area contributed by atoms with E-state index in [1.165, 1.54) is 7.11 Å². The van der Waals surface area contributed by atoms with Crippen molar-refractivity contribution in [3.63, 3.8) is 0 Å². The first-order valence-electron chi connectivity index (χ1n) is 11.4. The van der Waals surface area contributed by atoms with Crippen molar-refractivity contribution in [2.45, 2.75) is 19.1 Å². The zero-order valence-electron chi connectivity index (χ0n) is 19.9. The van der Waals surface area contributed by atoms with Gasteiger partial charge in [0.1, 0.15) is 19.3 Å². The van der Waals surface area contributed by atoms with E-state index in [1.807, 2.05) is 60.7 Å². The summed E-state index contributed by atoms with van der Waals surface area (Å²) in [6, 6.07) is 24.3. The Bertz CT molecular complexity index is 1120. The molecule has 0 aliphatic rings. The predicted octanol–water partition coefficient (Wildman–Crippen LogP) is 4.36. The SMILES string of the molecule is COCCOC(=O)Nc1cccc(NC(=O)C(Cc2ccccc2)NC(=O)OCc2ccccc2)c1. The summed E-state index contributed by atoms with van der Waals surface area (Å²) in [6.07, 6.45) is -1.08. The Hall–Kier alpha value is -4.37. The lowest BCUT2D eigenvalue weighted by Gasteiger charge is -2.19. The fourth-order valence-electron chi connectivity index (χ4n) is 3.24. The third kappa shape index (κ3) is 9.11. The van der Waals surface area contributed by atoms with E-state index in [2.05, 4.69) is 16.0 Å². The van der Waals surface area contributed by atoms with Gasteiger partial charge in [0, 0.05) is 24.9 Å². The van der Waals surface area contributed by atoms with Crippen LogP contribution >= 0.6 is 0 Å². The molecule has 0 saturated heterocycles. The van der Waals surface area contributed by atoms with E-state index >= 15 is 0 Å². The average molecular weight is 492 g/mol. The second-order valence-corrected chi connectivity index (χ2v) is 7.77. The topological polar surface area (TPSA) is 115 Å². The van der Waals surface area contributed by atoms with E-state index in [4.69, 9.17) is 14.2 Å². The molecule has 0 aliphatic carbocycles. The molecule has 188 valence electrons. The lowest BCUT2D eigenvalue weighted by molar-refractivity contribution is -0.118. The number of nitrogens with one attached hydrogen (secondary N) is 3. The molecule has 0 saturated carbocycles. The van der Waals surface area contributed by atoms with Crippen LogP contribution in [-0.4, -0.2) is 44.5 Å². The zero-order valence-corrected chi connectivity index (χ0v) is 19.9. The first-order chi connectivity index (χ1) is 17.5. The number of carbonyl (C=O) groups excluding carboxylic acids is 3. The fourth-order valence-corrected chi connectivity index (χ4v) is 3.24. The van der Waals surface area contributed by atoms with E-state index in [1.54, 1.807) is 24.3 Å². The van der Waals surface area contributed by atoms with Gasteiger partial charge in [-0.1, -0.05) is 66.7 Å². The van der Waals surface area contributed by atoms with Crippen LogP contribution in [0.15, 0.2) is 84.9 Å². The molecular formula is C27H29N3O6. The maximum atomic E-state index is 13.1. The second kappa shape index (κ2) is 14.1. The molecule has 3 aromatic rings. The predicted molar refractivity (Wildman–Crippen MR) is 136 cm³/mol. The number of methoxy groups -OCH3 is 1. The van der Waals surface area contributed by atoms with E-state index in [-0.39, 0.29) is 26.2 Å². The highest BCUT2D eigenvalue weighted by Gasteiger charge is 2.22. The van der Waals surface area contributed by atoms with Crippen molar-refractivity contribution in [2.75, 3.05) is 31.0 Å². The van der Waals surface area contributed by atoms with Gasteiger partial charge in [-0.05, 0) is 29.3 Å². The summed E-state index contributed by atoms with van der Waals surface area (Å²) >= 11 is 0. The first kappa shape index (κ1) is 26.2. The third-order valence-corrected chi connectivity index (χ3v) is 5.00. The lowest BCUT2D eigenvalue weighted by Crippen LogP contribution is -2.45. The molecule has 3 rings (SSSR count). The molecule has 0 aliphatic heterocycles. The van der Waals surface area contributed by atoms with Crippen molar-refractivity contribution in [1.82, 2.24) is 5.32 Å². The van der Waals surface area contributed by atoms with Crippen LogP contribution in [0.25, 0.3) is 0 Å². The minimum atomic E-state index is -0.897. The van der Waals surface area contributed by atoms with Crippen LogP contribution in [0.4, 0.5) is 21.0 Å². The van der Waals surface area contributed by atoms with Gasteiger partial charge in [0.05, 0.1) is 6.61 Å². The lowest BCUT2D eigenvalue weighted by atomic mass is 10.1. The van der Waals surface area contributed by atoms with Gasteiger partial charge in [-0.3, -0.25) is 10.1 Å². The smallest absolute Gasteiger partial charge is 0.411 e. The number of amides is 3. The fraction of sp³-hybridized carbons (Fsp3) is 0.222. The summed E-state index contributed by atoms with van der Waals surface area (Å²) in [4.78, 5) is 37.5. The van der Waals surface area contributed by atoms with E-state index < -0.39 is 24.1 Å². The van der Waals surface area contributed by atoms with Crippen LogP contribution in [0.2, 0.25) is 0 Å².